The molecule has 1 heterocycles. The summed E-state index contributed by atoms with van der Waals surface area (Å²) in [6.45, 7) is 2.09. The van der Waals surface area contributed by atoms with Crippen LogP contribution in [0.25, 0.3) is 0 Å². The molecule has 0 nitrogen and oxygen atoms in total. The van der Waals surface area contributed by atoms with Gasteiger partial charge in [0.05, 0.1) is 4.34 Å². The molecule has 0 aliphatic heterocycles. The van der Waals surface area contributed by atoms with Crippen molar-refractivity contribution in [1.29, 1.82) is 0 Å². The summed E-state index contributed by atoms with van der Waals surface area (Å²) in [4.78, 5) is 1.70. The van der Waals surface area contributed by atoms with E-state index < -0.39 is 0 Å². The lowest BCUT2D eigenvalue weighted by atomic mass is 10.4. The second-order valence-corrected chi connectivity index (χ2v) is 4.88. The second-order valence-electron chi connectivity index (χ2n) is 1.76. The molecule has 0 bridgehead atoms. The first-order chi connectivity index (χ1) is 4.20. The highest BCUT2D eigenvalue weighted by molar-refractivity contribution is 9.09. The van der Waals surface area contributed by atoms with Crippen LogP contribution in [0, 0.1) is 0 Å². The minimum absolute atomic E-state index is 0.426. The Labute approximate surface area is 72.0 Å². The molecule has 9 heavy (non-hydrogen) atoms. The molecular weight excluding hydrogens is 219 g/mol. The smallest absolute Gasteiger partial charge is 0.0931 e. The van der Waals surface area contributed by atoms with Crippen LogP contribution in [0.2, 0.25) is 4.34 Å². The molecule has 0 saturated heterocycles. The summed E-state index contributed by atoms with van der Waals surface area (Å²) in [7, 11) is 0. The lowest BCUT2D eigenvalue weighted by molar-refractivity contribution is 1.17. The predicted octanol–water partition coefficient (Wildman–Crippen LogP) is 3.86. The van der Waals surface area contributed by atoms with E-state index in [1.165, 1.54) is 4.88 Å². The fourth-order valence-electron chi connectivity index (χ4n) is 0.542. The number of hydrogen-bond donors (Lipinski definition) is 0. The van der Waals surface area contributed by atoms with Crippen LogP contribution in [0.4, 0.5) is 0 Å². The molecule has 1 rings (SSSR count). The molecular formula is C6H6BrClS. The van der Waals surface area contributed by atoms with Crippen LogP contribution < -0.4 is 0 Å². The Morgan fingerprint density at radius 1 is 1.67 bits per heavy atom. The first-order valence-electron chi connectivity index (χ1n) is 2.59. The fourth-order valence-corrected chi connectivity index (χ4v) is 1.97. The lowest BCUT2D eigenvalue weighted by Gasteiger charge is -1.93. The number of halogens is 2. The minimum atomic E-state index is 0.426. The van der Waals surface area contributed by atoms with Gasteiger partial charge in [-0.1, -0.05) is 27.5 Å². The quantitative estimate of drug-likeness (QED) is 0.637. The van der Waals surface area contributed by atoms with Crippen molar-refractivity contribution in [2.24, 2.45) is 0 Å². The van der Waals surface area contributed by atoms with Crippen LogP contribution in [-0.2, 0) is 0 Å². The van der Waals surface area contributed by atoms with Gasteiger partial charge in [0.25, 0.3) is 0 Å². The zero-order valence-electron chi connectivity index (χ0n) is 4.90. The Morgan fingerprint density at radius 3 is 2.56 bits per heavy atom. The molecule has 0 amide bonds. The SMILES string of the molecule is CC(Br)c1ccc(Cl)s1. The van der Waals surface area contributed by atoms with Crippen molar-refractivity contribution in [3.63, 3.8) is 0 Å². The molecule has 1 aromatic heterocycles. The topological polar surface area (TPSA) is 0 Å². The van der Waals surface area contributed by atoms with Gasteiger partial charge in [-0.2, -0.15) is 0 Å². The highest BCUT2D eigenvalue weighted by Crippen LogP contribution is 2.30. The summed E-state index contributed by atoms with van der Waals surface area (Å²) in [5.74, 6) is 0. The number of thiophene rings is 1. The van der Waals surface area contributed by atoms with E-state index in [-0.39, 0.29) is 0 Å². The summed E-state index contributed by atoms with van der Waals surface area (Å²) in [6.07, 6.45) is 0. The van der Waals surface area contributed by atoms with Crippen molar-refractivity contribution in [3.8, 4) is 0 Å². The monoisotopic (exact) mass is 224 g/mol. The van der Waals surface area contributed by atoms with Crippen LogP contribution in [0.3, 0.4) is 0 Å². The molecule has 0 spiro atoms. The highest BCUT2D eigenvalue weighted by Gasteiger charge is 2.02. The van der Waals surface area contributed by atoms with Gasteiger partial charge < -0.3 is 0 Å². The van der Waals surface area contributed by atoms with Gasteiger partial charge in [0, 0.05) is 9.70 Å². The molecule has 1 atom stereocenters. The number of alkyl halides is 1. The van der Waals surface area contributed by atoms with Gasteiger partial charge in [-0.3, -0.25) is 0 Å². The Bertz CT molecular complexity index is 195. The zero-order chi connectivity index (χ0) is 6.85. The van der Waals surface area contributed by atoms with Crippen molar-refractivity contribution in [1.82, 2.24) is 0 Å². The zero-order valence-corrected chi connectivity index (χ0v) is 8.05. The van der Waals surface area contributed by atoms with Crippen molar-refractivity contribution < 1.29 is 0 Å². The first kappa shape index (κ1) is 7.58. The fraction of sp³-hybridized carbons (Fsp3) is 0.333. The average Bonchev–Trinajstić information content (AvgIpc) is 2.14. The number of rotatable bonds is 1. The van der Waals surface area contributed by atoms with Crippen molar-refractivity contribution in [2.45, 2.75) is 11.8 Å². The molecule has 0 aliphatic rings. The maximum absolute atomic E-state index is 5.70. The molecule has 1 aromatic rings. The molecule has 3 heteroatoms. The van der Waals surface area contributed by atoms with Crippen LogP contribution in [0.15, 0.2) is 12.1 Å². The van der Waals surface area contributed by atoms with Crippen LogP contribution in [-0.4, -0.2) is 0 Å². The van der Waals surface area contributed by atoms with E-state index in [0.29, 0.717) is 4.83 Å². The van der Waals surface area contributed by atoms with Gasteiger partial charge in [-0.25, -0.2) is 0 Å². The largest absolute Gasteiger partial charge is 0.127 e. The van der Waals surface area contributed by atoms with E-state index in [1.807, 2.05) is 12.1 Å². The summed E-state index contributed by atoms with van der Waals surface area (Å²) >= 11 is 10.8. The van der Waals surface area contributed by atoms with Crippen LogP contribution >= 0.6 is 38.9 Å². The van der Waals surface area contributed by atoms with Gasteiger partial charge in [-0.15, -0.1) is 11.3 Å². The van der Waals surface area contributed by atoms with Crippen LogP contribution in [0.1, 0.15) is 16.6 Å². The van der Waals surface area contributed by atoms with E-state index in [2.05, 4.69) is 22.9 Å². The standard InChI is InChI=1S/C6H6BrClS/c1-4(7)5-2-3-6(8)9-5/h2-4H,1H3. The molecule has 0 saturated carbocycles. The molecule has 0 N–H and O–H groups in total. The van der Waals surface area contributed by atoms with E-state index in [0.717, 1.165) is 4.34 Å². The van der Waals surface area contributed by atoms with Gasteiger partial charge >= 0.3 is 0 Å². The van der Waals surface area contributed by atoms with Gasteiger partial charge in [0.1, 0.15) is 0 Å². The summed E-state index contributed by atoms with van der Waals surface area (Å²) in [6, 6.07) is 3.95. The minimum Gasteiger partial charge on any atom is -0.127 e. The normalized spacial score (nSPS) is 13.7. The summed E-state index contributed by atoms with van der Waals surface area (Å²) in [5, 5.41) is 0. The van der Waals surface area contributed by atoms with E-state index >= 15 is 0 Å². The lowest BCUT2D eigenvalue weighted by Crippen LogP contribution is -1.71. The van der Waals surface area contributed by atoms with Crippen LogP contribution in [0.5, 0.6) is 0 Å². The van der Waals surface area contributed by atoms with E-state index in [9.17, 15) is 0 Å². The first-order valence-corrected chi connectivity index (χ1v) is 4.70. The predicted molar refractivity (Wildman–Crippen MR) is 46.7 cm³/mol. The van der Waals surface area contributed by atoms with Gasteiger partial charge in [0.2, 0.25) is 0 Å². The number of hydrogen-bond acceptors (Lipinski definition) is 1. The second kappa shape index (κ2) is 3.04. The third kappa shape index (κ3) is 1.95. The maximum atomic E-state index is 5.70. The van der Waals surface area contributed by atoms with Crippen molar-refractivity contribution in [3.05, 3.63) is 21.3 Å². The molecule has 1 unspecified atom stereocenters. The van der Waals surface area contributed by atoms with Crippen molar-refractivity contribution >= 4 is 38.9 Å². The Hall–Kier alpha value is 0.470. The molecule has 0 aliphatic carbocycles. The molecule has 0 aromatic carbocycles. The Morgan fingerprint density at radius 2 is 2.33 bits per heavy atom. The Balaban J connectivity index is 2.85. The summed E-state index contributed by atoms with van der Waals surface area (Å²) < 4.78 is 0.858. The van der Waals surface area contributed by atoms with Gasteiger partial charge in [0.15, 0.2) is 0 Å². The maximum Gasteiger partial charge on any atom is 0.0931 e. The average molecular weight is 226 g/mol. The Kier molecular flexibility index (Phi) is 2.56. The van der Waals surface area contributed by atoms with Crippen molar-refractivity contribution in [2.75, 3.05) is 0 Å². The third-order valence-corrected chi connectivity index (χ3v) is 3.20. The van der Waals surface area contributed by atoms with E-state index in [1.54, 1.807) is 11.3 Å². The highest BCUT2D eigenvalue weighted by atomic mass is 79.9. The molecule has 50 valence electrons. The van der Waals surface area contributed by atoms with Gasteiger partial charge in [-0.05, 0) is 19.1 Å². The molecule has 0 fully saturated rings. The summed E-state index contributed by atoms with van der Waals surface area (Å²) in [5.41, 5.74) is 0. The van der Waals surface area contributed by atoms with E-state index in [4.69, 9.17) is 11.6 Å². The third-order valence-electron chi connectivity index (χ3n) is 0.986. The molecule has 0 radical (unpaired) electrons.